The highest BCUT2D eigenvalue weighted by atomic mass is 32.2. The number of para-hydroxylation sites is 1. The van der Waals surface area contributed by atoms with Gasteiger partial charge in [0.15, 0.2) is 0 Å². The summed E-state index contributed by atoms with van der Waals surface area (Å²) in [7, 11) is -4.31. The second-order valence-corrected chi connectivity index (χ2v) is 10.3. The molecule has 0 atom stereocenters. The molecule has 0 fully saturated rings. The van der Waals surface area contributed by atoms with E-state index in [4.69, 9.17) is 0 Å². The molecule has 3 rings (SSSR count). The molecule has 4 nitrogen and oxygen atoms in total. The normalized spacial score (nSPS) is 16.7. The van der Waals surface area contributed by atoms with Crippen LogP contribution in [0.5, 0.6) is 0 Å². The largest absolute Gasteiger partial charge is 0.296 e. The molecule has 2 aromatic rings. The fourth-order valence-corrected chi connectivity index (χ4v) is 4.25. The maximum Gasteiger partial charge on any atom is 0.296 e. The Labute approximate surface area is 162 Å². The lowest BCUT2D eigenvalue weighted by atomic mass is 9.79. The van der Waals surface area contributed by atoms with E-state index in [9.17, 15) is 13.0 Å². The highest BCUT2D eigenvalue weighted by Crippen LogP contribution is 2.42. The number of rotatable bonds is 3. The summed E-state index contributed by atoms with van der Waals surface area (Å²) in [6, 6.07) is 10.7. The number of benzene rings is 2. The molecule has 0 saturated heterocycles. The van der Waals surface area contributed by atoms with Crippen molar-refractivity contribution in [3.05, 3.63) is 58.7 Å². The summed E-state index contributed by atoms with van der Waals surface area (Å²) in [5.41, 5.74) is 5.25. The summed E-state index contributed by atoms with van der Waals surface area (Å²) >= 11 is 0. The number of hydrogen-bond acceptors (Lipinski definition) is 3. The minimum absolute atomic E-state index is 0.00261. The number of hydrogen-bond donors (Lipinski definition) is 1. The molecule has 0 aromatic heterocycles. The monoisotopic (exact) mass is 385 g/mol. The Hall–Kier alpha value is -1.98. The molecule has 1 aliphatic carbocycles. The molecule has 0 heterocycles. The first-order valence-electron chi connectivity index (χ1n) is 9.18. The Morgan fingerprint density at radius 1 is 1.15 bits per heavy atom. The van der Waals surface area contributed by atoms with Gasteiger partial charge in [-0.15, -0.1) is 0 Å². The lowest BCUT2D eigenvalue weighted by Crippen LogP contribution is -2.17. The van der Waals surface area contributed by atoms with E-state index in [1.165, 1.54) is 22.8 Å². The minimum Gasteiger partial charge on any atom is -0.282 e. The van der Waals surface area contributed by atoms with Crippen LogP contribution in [0.3, 0.4) is 0 Å². The van der Waals surface area contributed by atoms with Gasteiger partial charge in [-0.2, -0.15) is 8.42 Å². The van der Waals surface area contributed by atoms with Crippen LogP contribution in [0.2, 0.25) is 0 Å². The van der Waals surface area contributed by atoms with E-state index in [1.807, 2.05) is 0 Å². The molecular weight excluding hydrogens is 358 g/mol. The Kier molecular flexibility index (Phi) is 4.81. The van der Waals surface area contributed by atoms with Gasteiger partial charge in [-0.25, -0.2) is 0 Å². The second-order valence-electron chi connectivity index (χ2n) is 8.93. The number of aliphatic imine (C=N–C) groups is 1. The van der Waals surface area contributed by atoms with Gasteiger partial charge in [0, 0.05) is 6.21 Å². The van der Waals surface area contributed by atoms with Crippen LogP contribution in [0.4, 0.5) is 5.69 Å². The Morgan fingerprint density at radius 2 is 1.81 bits per heavy atom. The van der Waals surface area contributed by atoms with Gasteiger partial charge in [0.2, 0.25) is 0 Å². The summed E-state index contributed by atoms with van der Waals surface area (Å²) in [4.78, 5) is 4.25. The van der Waals surface area contributed by atoms with E-state index in [-0.39, 0.29) is 21.4 Å². The van der Waals surface area contributed by atoms with Crippen LogP contribution < -0.4 is 0 Å². The molecule has 144 valence electrons. The van der Waals surface area contributed by atoms with Crippen molar-refractivity contribution in [1.82, 2.24) is 0 Å². The minimum atomic E-state index is -4.31. The predicted octanol–water partition coefficient (Wildman–Crippen LogP) is 5.21. The topological polar surface area (TPSA) is 66.7 Å². The van der Waals surface area contributed by atoms with Crippen LogP contribution in [-0.4, -0.2) is 19.2 Å². The third-order valence-electron chi connectivity index (χ3n) is 5.37. The van der Waals surface area contributed by atoms with E-state index < -0.39 is 10.1 Å². The maximum absolute atomic E-state index is 11.6. The molecule has 27 heavy (non-hydrogen) atoms. The van der Waals surface area contributed by atoms with Crippen LogP contribution in [0.15, 0.2) is 46.3 Å². The van der Waals surface area contributed by atoms with Gasteiger partial charge in [0.05, 0.1) is 5.69 Å². The summed E-state index contributed by atoms with van der Waals surface area (Å²) < 4.78 is 32.6. The first-order chi connectivity index (χ1) is 12.4. The fraction of sp³-hybridized carbons (Fsp3) is 0.409. The molecule has 1 aliphatic rings. The second kappa shape index (κ2) is 6.57. The molecule has 0 unspecified atom stereocenters. The summed E-state index contributed by atoms with van der Waals surface area (Å²) in [5.74, 6) is 0. The smallest absolute Gasteiger partial charge is 0.282 e. The van der Waals surface area contributed by atoms with Crippen LogP contribution >= 0.6 is 0 Å². The molecule has 0 spiro atoms. The average Bonchev–Trinajstić information content (AvgIpc) is 2.87. The van der Waals surface area contributed by atoms with E-state index in [0.717, 1.165) is 18.4 Å². The molecule has 0 radical (unpaired) electrons. The van der Waals surface area contributed by atoms with Crippen molar-refractivity contribution in [2.75, 3.05) is 0 Å². The van der Waals surface area contributed by atoms with Crippen molar-refractivity contribution in [1.29, 1.82) is 0 Å². The quantitative estimate of drug-likeness (QED) is 0.583. The number of nitrogens with zero attached hydrogens (tertiary/aromatic N) is 1. The first kappa shape index (κ1) is 19.8. The standard InChI is InChI=1S/C22H27NO3S/c1-21(2,3)16-12-15(17-10-11-22(4,5)18(17)13-16)14-23-19-8-6-7-9-20(19)27(24,25)26/h6-9,12-14H,10-11H2,1-5H3,(H,24,25,26). The Balaban J connectivity index is 2.14. The molecule has 1 N–H and O–H groups in total. The van der Waals surface area contributed by atoms with Crippen molar-refractivity contribution >= 4 is 22.0 Å². The Bertz CT molecular complexity index is 1010. The Morgan fingerprint density at radius 3 is 2.44 bits per heavy atom. The van der Waals surface area contributed by atoms with Crippen molar-refractivity contribution in [3.63, 3.8) is 0 Å². The van der Waals surface area contributed by atoms with Crippen LogP contribution in [0.1, 0.15) is 63.3 Å². The molecule has 0 saturated carbocycles. The van der Waals surface area contributed by atoms with E-state index >= 15 is 0 Å². The molecule has 0 aliphatic heterocycles. The fourth-order valence-electron chi connectivity index (χ4n) is 3.62. The summed E-state index contributed by atoms with van der Waals surface area (Å²) in [6.45, 7) is 11.1. The van der Waals surface area contributed by atoms with Crippen molar-refractivity contribution in [2.45, 2.75) is 63.2 Å². The van der Waals surface area contributed by atoms with Gasteiger partial charge in [0.25, 0.3) is 10.1 Å². The zero-order valence-corrected chi connectivity index (χ0v) is 17.4. The van der Waals surface area contributed by atoms with E-state index in [1.54, 1.807) is 24.4 Å². The lowest BCUT2D eigenvalue weighted by Gasteiger charge is -2.25. The van der Waals surface area contributed by atoms with E-state index in [0.29, 0.717) is 0 Å². The van der Waals surface area contributed by atoms with Crippen molar-refractivity contribution in [3.8, 4) is 0 Å². The van der Waals surface area contributed by atoms with Crippen LogP contribution in [0.25, 0.3) is 0 Å². The average molecular weight is 386 g/mol. The molecule has 0 amide bonds. The molecule has 5 heteroatoms. The summed E-state index contributed by atoms with van der Waals surface area (Å²) in [6.07, 6.45) is 3.80. The van der Waals surface area contributed by atoms with Gasteiger partial charge in [-0.05, 0) is 64.1 Å². The van der Waals surface area contributed by atoms with Gasteiger partial charge >= 0.3 is 0 Å². The lowest BCUT2D eigenvalue weighted by molar-refractivity contribution is 0.483. The van der Waals surface area contributed by atoms with E-state index in [2.05, 4.69) is 51.7 Å². The van der Waals surface area contributed by atoms with Gasteiger partial charge < -0.3 is 0 Å². The van der Waals surface area contributed by atoms with Crippen LogP contribution in [0, 0.1) is 0 Å². The third-order valence-corrected chi connectivity index (χ3v) is 6.27. The van der Waals surface area contributed by atoms with Crippen molar-refractivity contribution in [2.24, 2.45) is 4.99 Å². The van der Waals surface area contributed by atoms with Gasteiger partial charge in [-0.1, -0.05) is 52.8 Å². The highest BCUT2D eigenvalue weighted by Gasteiger charge is 2.32. The zero-order chi connectivity index (χ0) is 20.0. The molecule has 2 aromatic carbocycles. The maximum atomic E-state index is 11.6. The molecular formula is C22H27NO3S. The van der Waals surface area contributed by atoms with Crippen molar-refractivity contribution < 1.29 is 13.0 Å². The van der Waals surface area contributed by atoms with Gasteiger partial charge in [0.1, 0.15) is 4.90 Å². The number of fused-ring (bicyclic) bond motifs is 1. The SMILES string of the molecule is CC(C)(C)c1cc(C=Nc2ccccc2S(=O)(=O)O)c2c(c1)C(C)(C)CC2. The third kappa shape index (κ3) is 3.99. The van der Waals surface area contributed by atoms with Gasteiger partial charge in [-0.3, -0.25) is 9.55 Å². The summed E-state index contributed by atoms with van der Waals surface area (Å²) in [5, 5.41) is 0. The first-order valence-corrected chi connectivity index (χ1v) is 10.6. The predicted molar refractivity (Wildman–Crippen MR) is 110 cm³/mol. The zero-order valence-electron chi connectivity index (χ0n) is 16.6. The molecule has 0 bridgehead atoms. The van der Waals surface area contributed by atoms with Crippen LogP contribution in [-0.2, 0) is 27.4 Å². The highest BCUT2D eigenvalue weighted by molar-refractivity contribution is 7.86.